The Labute approximate surface area is 188 Å². The Kier molecular flexibility index (Phi) is 4.70. The van der Waals surface area contributed by atoms with Crippen LogP contribution < -0.4 is 10.3 Å². The van der Waals surface area contributed by atoms with Crippen LogP contribution in [0.4, 0.5) is 10.9 Å². The SMILES string of the molecule is Cc1nn2c(nc(N3CCOCC3)c3ccccc32)c1C=NNc1nc2ccccc2s1. The molecule has 1 N–H and O–H groups in total. The summed E-state index contributed by atoms with van der Waals surface area (Å²) in [5.41, 5.74) is 7.61. The number of ether oxygens (including phenoxy) is 1. The van der Waals surface area contributed by atoms with Crippen molar-refractivity contribution in [2.24, 2.45) is 5.10 Å². The molecule has 8 nitrogen and oxygen atoms in total. The van der Waals surface area contributed by atoms with Crippen LogP contribution in [0.3, 0.4) is 0 Å². The monoisotopic (exact) mass is 443 g/mol. The summed E-state index contributed by atoms with van der Waals surface area (Å²) in [5, 5.41) is 11.1. The lowest BCUT2D eigenvalue weighted by atomic mass is 10.2. The first-order valence-corrected chi connectivity index (χ1v) is 11.3. The van der Waals surface area contributed by atoms with E-state index in [1.165, 1.54) is 0 Å². The van der Waals surface area contributed by atoms with Crippen LogP contribution in [0.25, 0.3) is 26.8 Å². The third kappa shape index (κ3) is 3.26. The van der Waals surface area contributed by atoms with E-state index < -0.39 is 0 Å². The van der Waals surface area contributed by atoms with Crippen LogP contribution in [-0.4, -0.2) is 52.1 Å². The molecule has 160 valence electrons. The van der Waals surface area contributed by atoms with E-state index in [1.807, 2.05) is 41.8 Å². The zero-order chi connectivity index (χ0) is 21.5. The van der Waals surface area contributed by atoms with Crippen LogP contribution in [0, 0.1) is 6.92 Å². The van der Waals surface area contributed by atoms with E-state index in [-0.39, 0.29) is 0 Å². The molecule has 5 aromatic rings. The highest BCUT2D eigenvalue weighted by Gasteiger charge is 2.20. The summed E-state index contributed by atoms with van der Waals surface area (Å²) >= 11 is 1.57. The molecule has 32 heavy (non-hydrogen) atoms. The fourth-order valence-corrected chi connectivity index (χ4v) is 4.87. The van der Waals surface area contributed by atoms with Gasteiger partial charge in [-0.3, -0.25) is 5.43 Å². The third-order valence-electron chi connectivity index (χ3n) is 5.62. The van der Waals surface area contributed by atoms with Crippen molar-refractivity contribution in [1.82, 2.24) is 19.6 Å². The number of nitrogens with one attached hydrogen (secondary N) is 1. The molecule has 2 aromatic carbocycles. The number of aromatic nitrogens is 4. The normalized spacial score (nSPS) is 14.8. The Morgan fingerprint density at radius 2 is 1.88 bits per heavy atom. The highest BCUT2D eigenvalue weighted by atomic mass is 32.1. The molecular formula is C23H21N7OS. The smallest absolute Gasteiger partial charge is 0.204 e. The second-order valence-electron chi connectivity index (χ2n) is 7.64. The Morgan fingerprint density at radius 3 is 2.75 bits per heavy atom. The average molecular weight is 444 g/mol. The molecule has 1 saturated heterocycles. The van der Waals surface area contributed by atoms with E-state index in [0.29, 0.717) is 13.2 Å². The summed E-state index contributed by atoms with van der Waals surface area (Å²) < 4.78 is 8.58. The number of rotatable bonds is 4. The molecule has 0 aliphatic carbocycles. The van der Waals surface area contributed by atoms with Gasteiger partial charge in [-0.2, -0.15) is 10.2 Å². The molecule has 9 heteroatoms. The highest BCUT2D eigenvalue weighted by molar-refractivity contribution is 7.22. The van der Waals surface area contributed by atoms with Crippen molar-refractivity contribution in [2.45, 2.75) is 6.92 Å². The molecule has 0 bridgehead atoms. The van der Waals surface area contributed by atoms with Crippen LogP contribution in [0.5, 0.6) is 0 Å². The largest absolute Gasteiger partial charge is 0.378 e. The lowest BCUT2D eigenvalue weighted by Crippen LogP contribution is -2.37. The summed E-state index contributed by atoms with van der Waals surface area (Å²) in [6.07, 6.45) is 1.79. The molecule has 1 fully saturated rings. The van der Waals surface area contributed by atoms with E-state index in [0.717, 1.165) is 62.1 Å². The Morgan fingerprint density at radius 1 is 1.06 bits per heavy atom. The number of para-hydroxylation sites is 2. The summed E-state index contributed by atoms with van der Waals surface area (Å²) in [7, 11) is 0. The average Bonchev–Trinajstić information content (AvgIpc) is 3.39. The minimum absolute atomic E-state index is 0.708. The lowest BCUT2D eigenvalue weighted by Gasteiger charge is -2.28. The molecule has 0 amide bonds. The number of anilines is 2. The molecule has 0 radical (unpaired) electrons. The zero-order valence-electron chi connectivity index (χ0n) is 17.5. The van der Waals surface area contributed by atoms with Gasteiger partial charge in [0, 0.05) is 18.5 Å². The van der Waals surface area contributed by atoms with E-state index in [9.17, 15) is 0 Å². The van der Waals surface area contributed by atoms with Gasteiger partial charge in [-0.15, -0.1) is 0 Å². The second-order valence-corrected chi connectivity index (χ2v) is 8.67. The number of hydrogen-bond acceptors (Lipinski definition) is 8. The quantitative estimate of drug-likeness (QED) is 0.333. The van der Waals surface area contributed by atoms with Crippen LogP contribution in [0.2, 0.25) is 0 Å². The predicted molar refractivity (Wildman–Crippen MR) is 129 cm³/mol. The van der Waals surface area contributed by atoms with Gasteiger partial charge in [-0.1, -0.05) is 35.6 Å². The van der Waals surface area contributed by atoms with Gasteiger partial charge in [0.15, 0.2) is 5.65 Å². The lowest BCUT2D eigenvalue weighted by molar-refractivity contribution is 0.122. The second kappa shape index (κ2) is 7.85. The van der Waals surface area contributed by atoms with Crippen molar-refractivity contribution in [3.8, 4) is 0 Å². The molecular weight excluding hydrogens is 422 g/mol. The minimum atomic E-state index is 0.708. The first-order chi connectivity index (χ1) is 15.8. The molecule has 0 spiro atoms. The molecule has 0 unspecified atom stereocenters. The Hall–Kier alpha value is -3.56. The number of hydrogen-bond donors (Lipinski definition) is 1. The van der Waals surface area contributed by atoms with Crippen molar-refractivity contribution in [1.29, 1.82) is 0 Å². The molecule has 1 aliphatic heterocycles. The number of fused-ring (bicyclic) bond motifs is 4. The summed E-state index contributed by atoms with van der Waals surface area (Å²) in [5.74, 6) is 0.963. The molecule has 0 atom stereocenters. The van der Waals surface area contributed by atoms with E-state index >= 15 is 0 Å². The van der Waals surface area contributed by atoms with Gasteiger partial charge >= 0.3 is 0 Å². The Balaban J connectivity index is 1.41. The maximum Gasteiger partial charge on any atom is 0.204 e. The predicted octanol–water partition coefficient (Wildman–Crippen LogP) is 4.08. The van der Waals surface area contributed by atoms with Gasteiger partial charge in [0.25, 0.3) is 0 Å². The minimum Gasteiger partial charge on any atom is -0.378 e. The molecule has 3 aromatic heterocycles. The van der Waals surface area contributed by atoms with Crippen LogP contribution in [0.1, 0.15) is 11.3 Å². The van der Waals surface area contributed by atoms with Gasteiger partial charge in [0.05, 0.1) is 46.4 Å². The number of aryl methyl sites for hydroxylation is 1. The van der Waals surface area contributed by atoms with Gasteiger partial charge < -0.3 is 9.64 Å². The van der Waals surface area contributed by atoms with Gasteiger partial charge in [0.2, 0.25) is 5.13 Å². The van der Waals surface area contributed by atoms with Gasteiger partial charge in [-0.25, -0.2) is 14.5 Å². The zero-order valence-corrected chi connectivity index (χ0v) is 18.3. The summed E-state index contributed by atoms with van der Waals surface area (Å²) in [6.45, 7) is 5.04. The fourth-order valence-electron chi connectivity index (χ4n) is 4.05. The molecule has 6 rings (SSSR count). The van der Waals surface area contributed by atoms with Crippen molar-refractivity contribution in [2.75, 3.05) is 36.6 Å². The standard InChI is InChI=1S/C23H21N7OS/c1-15-17(14-24-27-23-25-18-7-3-5-9-20(18)32-23)22-26-21(29-10-12-31-13-11-29)16-6-2-4-8-19(16)30(22)28-15/h2-9,14H,10-13H2,1H3,(H,25,27). The van der Waals surface area contributed by atoms with E-state index in [2.05, 4.69) is 38.6 Å². The molecule has 1 aliphatic rings. The maximum atomic E-state index is 5.54. The molecule has 0 saturated carbocycles. The van der Waals surface area contributed by atoms with Crippen molar-refractivity contribution in [3.63, 3.8) is 0 Å². The number of nitrogens with zero attached hydrogens (tertiary/aromatic N) is 6. The van der Waals surface area contributed by atoms with Gasteiger partial charge in [0.1, 0.15) is 5.82 Å². The highest BCUT2D eigenvalue weighted by Crippen LogP contribution is 2.29. The Bertz CT molecular complexity index is 1430. The maximum absolute atomic E-state index is 5.54. The van der Waals surface area contributed by atoms with Gasteiger partial charge in [-0.05, 0) is 31.2 Å². The van der Waals surface area contributed by atoms with Crippen molar-refractivity contribution >= 4 is 55.3 Å². The van der Waals surface area contributed by atoms with Crippen LogP contribution >= 0.6 is 11.3 Å². The first-order valence-electron chi connectivity index (χ1n) is 10.5. The number of morpholine rings is 1. The number of hydrazone groups is 1. The fraction of sp³-hybridized carbons (Fsp3) is 0.217. The number of thiazole rings is 1. The summed E-state index contributed by atoms with van der Waals surface area (Å²) in [4.78, 5) is 11.9. The van der Waals surface area contributed by atoms with E-state index in [1.54, 1.807) is 17.6 Å². The van der Waals surface area contributed by atoms with Crippen molar-refractivity contribution in [3.05, 3.63) is 59.8 Å². The van der Waals surface area contributed by atoms with E-state index in [4.69, 9.17) is 14.8 Å². The topological polar surface area (TPSA) is 79.9 Å². The van der Waals surface area contributed by atoms with Crippen molar-refractivity contribution < 1.29 is 4.74 Å². The summed E-state index contributed by atoms with van der Waals surface area (Å²) in [6, 6.07) is 16.3. The number of benzene rings is 2. The van der Waals surface area contributed by atoms with Crippen LogP contribution in [-0.2, 0) is 4.74 Å². The first kappa shape index (κ1) is 19.1. The van der Waals surface area contributed by atoms with Crippen LogP contribution in [0.15, 0.2) is 53.6 Å². The molecule has 4 heterocycles. The third-order valence-corrected chi connectivity index (χ3v) is 6.57.